The number of rotatable bonds is 4. The molecule has 1 aromatic heterocycles. The summed E-state index contributed by atoms with van der Waals surface area (Å²) < 4.78 is 6.30. The first-order valence-corrected chi connectivity index (χ1v) is 7.32. The van der Waals surface area contributed by atoms with E-state index in [9.17, 15) is 0 Å². The van der Waals surface area contributed by atoms with Crippen LogP contribution in [0.15, 0.2) is 21.2 Å². The molecular formula is C13H14BrCl2NO. The van der Waals surface area contributed by atoms with Crippen LogP contribution in [0.5, 0.6) is 0 Å². The number of benzene rings is 1. The third-order valence-corrected chi connectivity index (χ3v) is 4.24. The SMILES string of the molecule is CC(C)NCCc1coc2c(Cl)cc(Br)c(Cl)c12. The number of hydrogen-bond acceptors (Lipinski definition) is 2. The fourth-order valence-electron chi connectivity index (χ4n) is 1.85. The fourth-order valence-corrected chi connectivity index (χ4v) is 2.92. The molecule has 0 unspecified atom stereocenters. The normalized spacial score (nSPS) is 11.7. The fraction of sp³-hybridized carbons (Fsp3) is 0.385. The predicted octanol–water partition coefficient (Wildman–Crippen LogP) is 5.04. The van der Waals surface area contributed by atoms with Crippen molar-refractivity contribution in [3.05, 3.63) is 32.4 Å². The van der Waals surface area contributed by atoms with Crippen molar-refractivity contribution < 1.29 is 4.42 Å². The Bertz CT molecular complexity index is 566. The lowest BCUT2D eigenvalue weighted by Crippen LogP contribution is -2.24. The molecule has 0 radical (unpaired) electrons. The van der Waals surface area contributed by atoms with E-state index in [2.05, 4.69) is 35.1 Å². The molecule has 0 atom stereocenters. The quantitative estimate of drug-likeness (QED) is 0.781. The van der Waals surface area contributed by atoms with E-state index < -0.39 is 0 Å². The van der Waals surface area contributed by atoms with Gasteiger partial charge in [-0.15, -0.1) is 0 Å². The second-order valence-corrected chi connectivity index (χ2v) is 6.12. The monoisotopic (exact) mass is 349 g/mol. The molecule has 0 aliphatic heterocycles. The zero-order valence-electron chi connectivity index (χ0n) is 10.2. The van der Waals surface area contributed by atoms with Gasteiger partial charge in [0, 0.05) is 21.5 Å². The van der Waals surface area contributed by atoms with Crippen LogP contribution in [0.1, 0.15) is 19.4 Å². The number of furan rings is 1. The van der Waals surface area contributed by atoms with Crippen LogP contribution in [-0.2, 0) is 6.42 Å². The summed E-state index contributed by atoms with van der Waals surface area (Å²) in [6, 6.07) is 2.22. The van der Waals surface area contributed by atoms with E-state index in [-0.39, 0.29) is 0 Å². The van der Waals surface area contributed by atoms with E-state index in [0.717, 1.165) is 28.4 Å². The molecule has 0 bridgehead atoms. The van der Waals surface area contributed by atoms with Crippen LogP contribution in [0, 0.1) is 0 Å². The molecule has 5 heteroatoms. The van der Waals surface area contributed by atoms with Crippen molar-refractivity contribution in [1.29, 1.82) is 0 Å². The van der Waals surface area contributed by atoms with Gasteiger partial charge in [-0.1, -0.05) is 37.0 Å². The zero-order valence-corrected chi connectivity index (χ0v) is 13.3. The van der Waals surface area contributed by atoms with Crippen LogP contribution in [0.4, 0.5) is 0 Å². The van der Waals surface area contributed by atoms with Crippen molar-refractivity contribution in [3.8, 4) is 0 Å². The first-order valence-electron chi connectivity index (χ1n) is 5.77. The van der Waals surface area contributed by atoms with Crippen molar-refractivity contribution >= 4 is 50.1 Å². The van der Waals surface area contributed by atoms with Crippen molar-refractivity contribution in [1.82, 2.24) is 5.32 Å². The molecule has 1 heterocycles. The smallest absolute Gasteiger partial charge is 0.154 e. The molecular weight excluding hydrogens is 337 g/mol. The summed E-state index contributed by atoms with van der Waals surface area (Å²) in [5, 5.41) is 5.50. The van der Waals surface area contributed by atoms with Crippen LogP contribution in [0.2, 0.25) is 10.0 Å². The molecule has 2 nitrogen and oxygen atoms in total. The average molecular weight is 351 g/mol. The molecule has 0 fully saturated rings. The van der Waals surface area contributed by atoms with Gasteiger partial charge in [0.25, 0.3) is 0 Å². The molecule has 0 spiro atoms. The summed E-state index contributed by atoms with van der Waals surface area (Å²) in [6.07, 6.45) is 2.59. The highest BCUT2D eigenvalue weighted by Gasteiger charge is 2.15. The van der Waals surface area contributed by atoms with Gasteiger partial charge in [0.15, 0.2) is 5.58 Å². The Morgan fingerprint density at radius 2 is 2.11 bits per heavy atom. The van der Waals surface area contributed by atoms with Crippen molar-refractivity contribution in [3.63, 3.8) is 0 Å². The topological polar surface area (TPSA) is 25.2 Å². The van der Waals surface area contributed by atoms with E-state index in [1.54, 1.807) is 12.3 Å². The Morgan fingerprint density at radius 3 is 2.78 bits per heavy atom. The van der Waals surface area contributed by atoms with E-state index in [4.69, 9.17) is 27.6 Å². The first kappa shape index (κ1) is 14.2. The van der Waals surface area contributed by atoms with E-state index >= 15 is 0 Å². The predicted molar refractivity (Wildman–Crippen MR) is 80.8 cm³/mol. The van der Waals surface area contributed by atoms with E-state index in [1.807, 2.05) is 0 Å². The minimum absolute atomic E-state index is 0.467. The first-order chi connectivity index (χ1) is 8.50. The van der Waals surface area contributed by atoms with Crippen LogP contribution >= 0.6 is 39.1 Å². The van der Waals surface area contributed by atoms with Crippen LogP contribution < -0.4 is 5.32 Å². The van der Waals surface area contributed by atoms with Crippen molar-refractivity contribution in [2.24, 2.45) is 0 Å². The largest absolute Gasteiger partial charge is 0.462 e. The molecule has 2 aromatic rings. The summed E-state index contributed by atoms with van der Waals surface area (Å²) in [6.45, 7) is 5.12. The average Bonchev–Trinajstić information content (AvgIpc) is 2.70. The van der Waals surface area contributed by atoms with Crippen LogP contribution in [0.3, 0.4) is 0 Å². The van der Waals surface area contributed by atoms with Gasteiger partial charge in [-0.05, 0) is 35.0 Å². The number of halogens is 3. The molecule has 2 rings (SSSR count). The van der Waals surface area contributed by atoms with Gasteiger partial charge >= 0.3 is 0 Å². The van der Waals surface area contributed by atoms with Gasteiger partial charge in [0.05, 0.1) is 16.3 Å². The second-order valence-electron chi connectivity index (χ2n) is 4.48. The lowest BCUT2D eigenvalue weighted by atomic mass is 10.1. The van der Waals surface area contributed by atoms with Crippen LogP contribution in [-0.4, -0.2) is 12.6 Å². The van der Waals surface area contributed by atoms with Gasteiger partial charge in [-0.2, -0.15) is 0 Å². The molecule has 0 saturated heterocycles. The lowest BCUT2D eigenvalue weighted by molar-refractivity contribution is 0.580. The molecule has 0 amide bonds. The van der Waals surface area contributed by atoms with Gasteiger partial charge in [0.1, 0.15) is 0 Å². The lowest BCUT2D eigenvalue weighted by Gasteiger charge is -2.07. The van der Waals surface area contributed by atoms with E-state index in [1.165, 1.54) is 0 Å². The second kappa shape index (κ2) is 5.83. The third-order valence-electron chi connectivity index (χ3n) is 2.71. The number of fused-ring (bicyclic) bond motifs is 1. The summed E-state index contributed by atoms with van der Waals surface area (Å²) in [5.41, 5.74) is 1.73. The third kappa shape index (κ3) is 2.85. The molecule has 1 N–H and O–H groups in total. The number of hydrogen-bond donors (Lipinski definition) is 1. The summed E-state index contributed by atoms with van der Waals surface area (Å²) in [7, 11) is 0. The van der Waals surface area contributed by atoms with Crippen LogP contribution in [0.25, 0.3) is 11.0 Å². The van der Waals surface area contributed by atoms with Gasteiger partial charge in [-0.25, -0.2) is 0 Å². The Balaban J connectivity index is 2.34. The highest BCUT2D eigenvalue weighted by molar-refractivity contribution is 9.10. The maximum Gasteiger partial charge on any atom is 0.154 e. The maximum absolute atomic E-state index is 6.30. The van der Waals surface area contributed by atoms with Crippen molar-refractivity contribution in [2.45, 2.75) is 26.3 Å². The molecule has 98 valence electrons. The highest BCUT2D eigenvalue weighted by Crippen LogP contribution is 2.39. The summed E-state index contributed by atoms with van der Waals surface area (Å²) in [5.74, 6) is 0. The molecule has 0 aliphatic rings. The van der Waals surface area contributed by atoms with E-state index in [0.29, 0.717) is 21.7 Å². The summed E-state index contributed by atoms with van der Waals surface area (Å²) in [4.78, 5) is 0. The molecule has 18 heavy (non-hydrogen) atoms. The maximum atomic E-state index is 6.30. The van der Waals surface area contributed by atoms with Crippen molar-refractivity contribution in [2.75, 3.05) is 6.54 Å². The summed E-state index contributed by atoms with van der Waals surface area (Å²) >= 11 is 15.8. The molecule has 0 saturated carbocycles. The zero-order chi connectivity index (χ0) is 13.3. The van der Waals surface area contributed by atoms with Gasteiger partial charge < -0.3 is 9.73 Å². The minimum Gasteiger partial charge on any atom is -0.462 e. The standard InChI is InChI=1S/C13H14BrCl2NO/c1-7(2)17-4-3-8-6-18-13-10(15)5-9(14)12(16)11(8)13/h5-7,17H,3-4H2,1-2H3. The Labute approximate surface area is 125 Å². The molecule has 1 aromatic carbocycles. The Kier molecular flexibility index (Phi) is 4.59. The minimum atomic E-state index is 0.467. The van der Waals surface area contributed by atoms with Gasteiger partial charge in [-0.3, -0.25) is 0 Å². The number of nitrogens with one attached hydrogen (secondary N) is 1. The Morgan fingerprint density at radius 1 is 1.39 bits per heavy atom. The Hall–Kier alpha value is -0.220. The van der Waals surface area contributed by atoms with Gasteiger partial charge in [0.2, 0.25) is 0 Å². The highest BCUT2D eigenvalue weighted by atomic mass is 79.9. The molecule has 0 aliphatic carbocycles.